The van der Waals surface area contributed by atoms with Gasteiger partial charge in [-0.2, -0.15) is 0 Å². The van der Waals surface area contributed by atoms with Crippen molar-refractivity contribution >= 4 is 16.9 Å². The lowest BCUT2D eigenvalue weighted by Crippen LogP contribution is -2.37. The topological polar surface area (TPSA) is 71.8 Å². The number of rotatable bonds is 7. The summed E-state index contributed by atoms with van der Waals surface area (Å²) in [5, 5.41) is 3.99. The van der Waals surface area contributed by atoms with Crippen molar-refractivity contribution in [3.05, 3.63) is 75.6 Å². The zero-order valence-electron chi connectivity index (χ0n) is 18.0. The number of carbonyl (C=O) groups is 1. The summed E-state index contributed by atoms with van der Waals surface area (Å²) < 4.78 is 10.7. The first-order valence-corrected chi connectivity index (χ1v) is 10.7. The first-order chi connectivity index (χ1) is 15.0. The summed E-state index contributed by atoms with van der Waals surface area (Å²) >= 11 is 0. The number of nitrogens with zero attached hydrogens (tertiary/aromatic N) is 1. The average molecular weight is 421 g/mol. The van der Waals surface area contributed by atoms with Crippen LogP contribution in [0, 0.1) is 6.92 Å². The normalized spacial score (nSPS) is 16.5. The molecule has 1 aliphatic rings. The molecule has 1 fully saturated rings. The molecule has 31 heavy (non-hydrogen) atoms. The predicted octanol–water partition coefficient (Wildman–Crippen LogP) is 3.43. The maximum atomic E-state index is 12.5. The van der Waals surface area contributed by atoms with E-state index in [1.165, 1.54) is 5.56 Å². The van der Waals surface area contributed by atoms with Crippen molar-refractivity contribution in [3.63, 3.8) is 0 Å². The van der Waals surface area contributed by atoms with E-state index in [2.05, 4.69) is 22.3 Å². The van der Waals surface area contributed by atoms with Crippen LogP contribution in [-0.4, -0.2) is 37.0 Å². The van der Waals surface area contributed by atoms with Gasteiger partial charge < -0.3 is 14.5 Å². The largest absolute Gasteiger partial charge is 0.497 e. The van der Waals surface area contributed by atoms with Gasteiger partial charge in [0.1, 0.15) is 11.3 Å². The molecule has 0 unspecified atom stereocenters. The van der Waals surface area contributed by atoms with Crippen LogP contribution in [0.4, 0.5) is 0 Å². The smallest absolute Gasteiger partial charge is 0.339 e. The number of fused-ring (bicyclic) bond motifs is 1. The van der Waals surface area contributed by atoms with Crippen molar-refractivity contribution in [1.82, 2.24) is 10.2 Å². The Balaban J connectivity index is 1.34. The highest BCUT2D eigenvalue weighted by molar-refractivity contribution is 5.82. The van der Waals surface area contributed by atoms with Crippen molar-refractivity contribution in [2.75, 3.05) is 20.2 Å². The second-order valence-corrected chi connectivity index (χ2v) is 8.13. The maximum absolute atomic E-state index is 12.5. The summed E-state index contributed by atoms with van der Waals surface area (Å²) in [6, 6.07) is 15.9. The van der Waals surface area contributed by atoms with Crippen LogP contribution in [-0.2, 0) is 17.8 Å². The fourth-order valence-electron chi connectivity index (χ4n) is 4.26. The molecule has 4 rings (SSSR count). The summed E-state index contributed by atoms with van der Waals surface area (Å²) in [5.41, 5.74) is 2.81. The molecule has 1 aromatic heterocycles. The highest BCUT2D eigenvalue weighted by atomic mass is 16.5. The van der Waals surface area contributed by atoms with E-state index < -0.39 is 0 Å². The van der Waals surface area contributed by atoms with Crippen molar-refractivity contribution in [2.24, 2.45) is 0 Å². The zero-order chi connectivity index (χ0) is 21.8. The van der Waals surface area contributed by atoms with E-state index in [4.69, 9.17) is 9.15 Å². The Morgan fingerprint density at radius 2 is 2.03 bits per heavy atom. The number of aryl methyl sites for hydroxylation is 1. The monoisotopic (exact) mass is 420 g/mol. The van der Waals surface area contributed by atoms with Gasteiger partial charge in [-0.05, 0) is 43.0 Å². The lowest BCUT2D eigenvalue weighted by molar-refractivity contribution is -0.121. The third-order valence-electron chi connectivity index (χ3n) is 5.98. The van der Waals surface area contributed by atoms with Crippen molar-refractivity contribution in [3.8, 4) is 5.75 Å². The molecule has 1 saturated heterocycles. The van der Waals surface area contributed by atoms with E-state index >= 15 is 0 Å². The number of benzene rings is 2. The van der Waals surface area contributed by atoms with Gasteiger partial charge >= 0.3 is 5.63 Å². The summed E-state index contributed by atoms with van der Waals surface area (Å²) in [5.74, 6) is 0.611. The van der Waals surface area contributed by atoms with Crippen molar-refractivity contribution in [2.45, 2.75) is 38.8 Å². The standard InChI is InChI=1S/C25H28N2O4/c1-17-21-9-8-20(30-2)14-23(21)31-25(29)22(17)10-11-24(28)26-19-12-13-27(16-19)15-18-6-4-3-5-7-18/h3-9,14,19H,10-13,15-16H2,1-2H3,(H,26,28)/t19-/m0/s1. The molecule has 0 saturated carbocycles. The van der Waals surface area contributed by atoms with Crippen LogP contribution in [0.25, 0.3) is 11.0 Å². The average Bonchev–Trinajstić information content (AvgIpc) is 3.20. The Labute approximate surface area is 181 Å². The van der Waals surface area contributed by atoms with Gasteiger partial charge in [-0.3, -0.25) is 9.69 Å². The Bertz CT molecular complexity index is 1120. The number of nitrogens with one attached hydrogen (secondary N) is 1. The molecule has 1 amide bonds. The van der Waals surface area contributed by atoms with Gasteiger partial charge in [-0.25, -0.2) is 4.79 Å². The van der Waals surface area contributed by atoms with Crippen LogP contribution < -0.4 is 15.7 Å². The fourth-order valence-corrected chi connectivity index (χ4v) is 4.26. The molecule has 0 spiro atoms. The molecule has 0 radical (unpaired) electrons. The molecule has 0 bridgehead atoms. The van der Waals surface area contributed by atoms with Gasteiger partial charge in [-0.1, -0.05) is 30.3 Å². The van der Waals surface area contributed by atoms with Gasteiger partial charge in [0.25, 0.3) is 0 Å². The minimum atomic E-state index is -0.388. The second kappa shape index (κ2) is 9.35. The van der Waals surface area contributed by atoms with E-state index in [0.29, 0.717) is 23.3 Å². The molecule has 3 aromatic rings. The molecule has 6 heteroatoms. The number of amides is 1. The second-order valence-electron chi connectivity index (χ2n) is 8.13. The van der Waals surface area contributed by atoms with Crippen LogP contribution >= 0.6 is 0 Å². The van der Waals surface area contributed by atoms with E-state index in [9.17, 15) is 9.59 Å². The first kappa shape index (κ1) is 21.1. The molecule has 1 atom stereocenters. The minimum absolute atomic E-state index is 0.0276. The Morgan fingerprint density at radius 3 is 2.81 bits per heavy atom. The lowest BCUT2D eigenvalue weighted by atomic mass is 10.0. The van der Waals surface area contributed by atoms with Crippen molar-refractivity contribution in [1.29, 1.82) is 0 Å². The number of likely N-dealkylation sites (tertiary alicyclic amines) is 1. The van der Waals surface area contributed by atoms with E-state index in [0.717, 1.165) is 37.0 Å². The molecular weight excluding hydrogens is 392 g/mol. The minimum Gasteiger partial charge on any atom is -0.497 e. The molecule has 1 aliphatic heterocycles. The molecule has 2 heterocycles. The predicted molar refractivity (Wildman–Crippen MR) is 120 cm³/mol. The third-order valence-corrected chi connectivity index (χ3v) is 5.98. The van der Waals surface area contributed by atoms with Gasteiger partial charge in [0.15, 0.2) is 0 Å². The number of hydrogen-bond acceptors (Lipinski definition) is 5. The third kappa shape index (κ3) is 4.97. The van der Waals surface area contributed by atoms with E-state index in [1.807, 2.05) is 37.3 Å². The fraction of sp³-hybridized carbons (Fsp3) is 0.360. The van der Waals surface area contributed by atoms with Crippen LogP contribution in [0.3, 0.4) is 0 Å². The van der Waals surface area contributed by atoms with Crippen molar-refractivity contribution < 1.29 is 13.9 Å². The first-order valence-electron chi connectivity index (χ1n) is 10.7. The Morgan fingerprint density at radius 1 is 1.23 bits per heavy atom. The van der Waals surface area contributed by atoms with Gasteiger partial charge in [0, 0.05) is 49.1 Å². The van der Waals surface area contributed by atoms with Crippen LogP contribution in [0.15, 0.2) is 57.7 Å². The van der Waals surface area contributed by atoms with E-state index in [-0.39, 0.29) is 24.0 Å². The number of carbonyl (C=O) groups excluding carboxylic acids is 1. The van der Waals surface area contributed by atoms with Gasteiger partial charge in [0.2, 0.25) is 5.91 Å². The zero-order valence-corrected chi connectivity index (χ0v) is 18.0. The molecule has 162 valence electrons. The highest BCUT2D eigenvalue weighted by Gasteiger charge is 2.24. The SMILES string of the molecule is COc1ccc2c(C)c(CCC(=O)N[C@H]3CCN(Cc4ccccc4)C3)c(=O)oc2c1. The number of methoxy groups -OCH3 is 1. The Kier molecular flexibility index (Phi) is 6.37. The molecule has 6 nitrogen and oxygen atoms in total. The molecule has 2 aromatic carbocycles. The summed E-state index contributed by atoms with van der Waals surface area (Å²) in [4.78, 5) is 27.4. The molecular formula is C25H28N2O4. The molecule has 0 aliphatic carbocycles. The number of ether oxygens (including phenoxy) is 1. The summed E-state index contributed by atoms with van der Waals surface area (Å²) in [6.07, 6.45) is 1.57. The highest BCUT2D eigenvalue weighted by Crippen LogP contribution is 2.24. The number of hydrogen-bond donors (Lipinski definition) is 1. The summed E-state index contributed by atoms with van der Waals surface area (Å²) in [7, 11) is 1.57. The van der Waals surface area contributed by atoms with Gasteiger partial charge in [-0.15, -0.1) is 0 Å². The maximum Gasteiger partial charge on any atom is 0.339 e. The molecule has 1 N–H and O–H groups in total. The van der Waals surface area contributed by atoms with Gasteiger partial charge in [0.05, 0.1) is 7.11 Å². The lowest BCUT2D eigenvalue weighted by Gasteiger charge is -2.17. The van der Waals surface area contributed by atoms with Crippen LogP contribution in [0.2, 0.25) is 0 Å². The summed E-state index contributed by atoms with van der Waals surface area (Å²) in [6.45, 7) is 4.61. The van der Waals surface area contributed by atoms with Crippen LogP contribution in [0.1, 0.15) is 29.5 Å². The Hall–Kier alpha value is -3.12. The quantitative estimate of drug-likeness (QED) is 0.593. The van der Waals surface area contributed by atoms with E-state index in [1.54, 1.807) is 13.2 Å². The van der Waals surface area contributed by atoms with Crippen LogP contribution in [0.5, 0.6) is 5.75 Å².